The van der Waals surface area contributed by atoms with Gasteiger partial charge >= 0.3 is 0 Å². The molecule has 2 aromatic carbocycles. The minimum absolute atomic E-state index is 0.231. The number of carbonyl (C=O) groups excluding carboxylic acids is 1. The van der Waals surface area contributed by atoms with E-state index in [0.29, 0.717) is 27.9 Å². The molecule has 0 radical (unpaired) electrons. The number of nitrogens with zero attached hydrogens (tertiary/aromatic N) is 3. The van der Waals surface area contributed by atoms with Gasteiger partial charge in [-0.15, -0.1) is 0 Å². The zero-order valence-corrected chi connectivity index (χ0v) is 15.5. The number of aryl methyl sites for hydroxylation is 2. The van der Waals surface area contributed by atoms with Crippen molar-refractivity contribution < 1.29 is 4.79 Å². The smallest absolute Gasteiger partial charge is 0.274 e. The Balaban J connectivity index is 1.82. The predicted octanol–water partition coefficient (Wildman–Crippen LogP) is 4.61. The largest absolute Gasteiger partial charge is 0.340 e. The van der Waals surface area contributed by atoms with E-state index in [1.807, 2.05) is 25.1 Å². The summed E-state index contributed by atoms with van der Waals surface area (Å²) in [6.07, 6.45) is 0. The second-order valence-corrected chi connectivity index (χ2v) is 6.35. The predicted molar refractivity (Wildman–Crippen MR) is 105 cm³/mol. The summed E-state index contributed by atoms with van der Waals surface area (Å²) in [4.78, 5) is 21.1. The van der Waals surface area contributed by atoms with Crippen molar-refractivity contribution >= 4 is 34.7 Å². The molecule has 1 amide bonds. The summed E-state index contributed by atoms with van der Waals surface area (Å²) in [5.41, 5.74) is 3.14. The number of hydrogen-bond donors (Lipinski definition) is 2. The van der Waals surface area contributed by atoms with Crippen molar-refractivity contribution in [3.8, 4) is 6.07 Å². The van der Waals surface area contributed by atoms with E-state index in [1.165, 1.54) is 0 Å². The molecule has 0 aliphatic heterocycles. The number of nitrogens with one attached hydrogen (secondary N) is 2. The lowest BCUT2D eigenvalue weighted by molar-refractivity contribution is 0.102. The molecule has 3 aromatic rings. The van der Waals surface area contributed by atoms with E-state index in [2.05, 4.69) is 20.6 Å². The Morgan fingerprint density at radius 1 is 1.07 bits per heavy atom. The summed E-state index contributed by atoms with van der Waals surface area (Å²) in [6.45, 7) is 3.67. The number of benzene rings is 2. The van der Waals surface area contributed by atoms with Crippen LogP contribution in [0.2, 0.25) is 5.02 Å². The van der Waals surface area contributed by atoms with Crippen molar-refractivity contribution in [1.82, 2.24) is 9.97 Å². The van der Waals surface area contributed by atoms with E-state index in [0.717, 1.165) is 11.3 Å². The van der Waals surface area contributed by atoms with E-state index in [4.69, 9.17) is 16.9 Å². The van der Waals surface area contributed by atoms with Crippen molar-refractivity contribution in [3.05, 3.63) is 76.2 Å². The number of amides is 1. The normalized spacial score (nSPS) is 10.1. The minimum atomic E-state index is -0.365. The molecule has 0 bridgehead atoms. The van der Waals surface area contributed by atoms with Crippen molar-refractivity contribution in [2.75, 3.05) is 10.6 Å². The van der Waals surface area contributed by atoms with E-state index in [9.17, 15) is 4.79 Å². The van der Waals surface area contributed by atoms with E-state index < -0.39 is 0 Å². The molecule has 1 heterocycles. The quantitative estimate of drug-likeness (QED) is 0.692. The number of aromatic nitrogens is 2. The molecule has 3 rings (SSSR count). The minimum Gasteiger partial charge on any atom is -0.340 e. The Hall–Kier alpha value is -3.43. The van der Waals surface area contributed by atoms with Crippen molar-refractivity contribution in [3.63, 3.8) is 0 Å². The van der Waals surface area contributed by atoms with Gasteiger partial charge in [-0.05, 0) is 55.8 Å². The first kappa shape index (κ1) is 18.4. The molecule has 0 aliphatic rings. The summed E-state index contributed by atoms with van der Waals surface area (Å²) in [6, 6.07) is 15.7. The average Bonchev–Trinajstić information content (AvgIpc) is 2.65. The molecule has 7 heteroatoms. The van der Waals surface area contributed by atoms with Gasteiger partial charge in [0.1, 0.15) is 17.3 Å². The van der Waals surface area contributed by atoms with Crippen LogP contribution in [0.3, 0.4) is 0 Å². The van der Waals surface area contributed by atoms with Crippen molar-refractivity contribution in [2.24, 2.45) is 0 Å². The van der Waals surface area contributed by atoms with Gasteiger partial charge in [0.25, 0.3) is 5.91 Å². The van der Waals surface area contributed by atoms with Crippen LogP contribution in [0.25, 0.3) is 0 Å². The van der Waals surface area contributed by atoms with Gasteiger partial charge in [0.15, 0.2) is 0 Å². The van der Waals surface area contributed by atoms with Crippen LogP contribution < -0.4 is 10.6 Å². The van der Waals surface area contributed by atoms with Crippen molar-refractivity contribution in [2.45, 2.75) is 13.8 Å². The highest BCUT2D eigenvalue weighted by Gasteiger charge is 2.12. The SMILES string of the molecule is Cc1nc(Nc2cc(Cl)ccc2C)cc(C(=O)Nc2ccc(C#N)cc2)n1. The third-order valence-corrected chi connectivity index (χ3v) is 4.04. The number of nitriles is 1. The van der Waals surface area contributed by atoms with Crippen molar-refractivity contribution in [1.29, 1.82) is 5.26 Å². The third-order valence-electron chi connectivity index (χ3n) is 3.80. The van der Waals surface area contributed by atoms with Gasteiger partial charge in [0, 0.05) is 22.5 Å². The van der Waals surface area contributed by atoms with Gasteiger partial charge in [-0.1, -0.05) is 17.7 Å². The highest BCUT2D eigenvalue weighted by atomic mass is 35.5. The van der Waals surface area contributed by atoms with E-state index in [1.54, 1.807) is 43.3 Å². The summed E-state index contributed by atoms with van der Waals surface area (Å²) >= 11 is 6.05. The molecular weight excluding hydrogens is 362 g/mol. The number of carbonyl (C=O) groups is 1. The molecule has 0 atom stereocenters. The molecule has 0 unspecified atom stereocenters. The number of hydrogen-bond acceptors (Lipinski definition) is 5. The standard InChI is InChI=1S/C20H16ClN5O/c1-12-3-6-15(21)9-17(12)26-19-10-18(23-13(2)24-19)20(27)25-16-7-4-14(11-22)5-8-16/h3-10H,1-2H3,(H,25,27)(H,23,24,26). The van der Waals surface area contributed by atoms with Gasteiger partial charge in [-0.2, -0.15) is 5.26 Å². The summed E-state index contributed by atoms with van der Waals surface area (Å²) < 4.78 is 0. The molecule has 27 heavy (non-hydrogen) atoms. The van der Waals surface area contributed by atoms with Crippen LogP contribution in [0.5, 0.6) is 0 Å². The van der Waals surface area contributed by atoms with Crippen LogP contribution in [0.4, 0.5) is 17.2 Å². The van der Waals surface area contributed by atoms with Gasteiger partial charge < -0.3 is 10.6 Å². The molecule has 134 valence electrons. The Labute approximate surface area is 161 Å². The van der Waals surface area contributed by atoms with E-state index in [-0.39, 0.29) is 11.6 Å². The Morgan fingerprint density at radius 2 is 1.81 bits per heavy atom. The maximum atomic E-state index is 12.5. The van der Waals surface area contributed by atoms with Gasteiger partial charge in [0.2, 0.25) is 0 Å². The lowest BCUT2D eigenvalue weighted by Crippen LogP contribution is -2.15. The Morgan fingerprint density at radius 3 is 2.52 bits per heavy atom. The maximum absolute atomic E-state index is 12.5. The van der Waals surface area contributed by atoms with Crippen LogP contribution in [0.1, 0.15) is 27.4 Å². The molecule has 0 aliphatic carbocycles. The molecule has 6 nitrogen and oxygen atoms in total. The van der Waals surface area contributed by atoms with Crippen LogP contribution >= 0.6 is 11.6 Å². The van der Waals surface area contributed by atoms with E-state index >= 15 is 0 Å². The third kappa shape index (κ3) is 4.60. The number of rotatable bonds is 4. The first-order valence-corrected chi connectivity index (χ1v) is 8.53. The Bertz CT molecular complexity index is 1040. The molecular formula is C20H16ClN5O. The summed E-state index contributed by atoms with van der Waals surface area (Å²) in [5.74, 6) is 0.596. The second-order valence-electron chi connectivity index (χ2n) is 5.91. The molecule has 0 fully saturated rings. The van der Waals surface area contributed by atoms with Crippen LogP contribution in [-0.4, -0.2) is 15.9 Å². The average molecular weight is 378 g/mol. The number of halogens is 1. The maximum Gasteiger partial charge on any atom is 0.274 e. The first-order valence-electron chi connectivity index (χ1n) is 8.15. The Kier molecular flexibility index (Phi) is 5.34. The van der Waals surface area contributed by atoms with Crippen LogP contribution in [0, 0.1) is 25.2 Å². The monoisotopic (exact) mass is 377 g/mol. The number of anilines is 3. The summed E-state index contributed by atoms with van der Waals surface area (Å²) in [7, 11) is 0. The fourth-order valence-electron chi connectivity index (χ4n) is 2.44. The van der Waals surface area contributed by atoms with Crippen LogP contribution in [-0.2, 0) is 0 Å². The van der Waals surface area contributed by atoms with Gasteiger partial charge in [-0.3, -0.25) is 4.79 Å². The zero-order valence-electron chi connectivity index (χ0n) is 14.7. The zero-order chi connectivity index (χ0) is 19.4. The van der Waals surface area contributed by atoms with Gasteiger partial charge in [0.05, 0.1) is 11.6 Å². The lowest BCUT2D eigenvalue weighted by atomic mass is 10.2. The molecule has 0 saturated carbocycles. The second kappa shape index (κ2) is 7.85. The fourth-order valence-corrected chi connectivity index (χ4v) is 2.61. The highest BCUT2D eigenvalue weighted by Crippen LogP contribution is 2.24. The molecule has 0 spiro atoms. The van der Waals surface area contributed by atoms with Gasteiger partial charge in [-0.25, -0.2) is 9.97 Å². The summed E-state index contributed by atoms with van der Waals surface area (Å²) in [5, 5.41) is 15.4. The lowest BCUT2D eigenvalue weighted by Gasteiger charge is -2.11. The molecule has 1 aromatic heterocycles. The highest BCUT2D eigenvalue weighted by molar-refractivity contribution is 6.30. The fraction of sp³-hybridized carbons (Fsp3) is 0.100. The molecule has 0 saturated heterocycles. The first-order chi connectivity index (χ1) is 12.9. The van der Waals surface area contributed by atoms with Crippen LogP contribution in [0.15, 0.2) is 48.5 Å². The topological polar surface area (TPSA) is 90.7 Å². The molecule has 2 N–H and O–H groups in total.